The molecule has 0 saturated heterocycles. The van der Waals surface area contributed by atoms with E-state index in [0.717, 1.165) is 34.6 Å². The Morgan fingerprint density at radius 3 is 2.86 bits per heavy atom. The Hall–Kier alpha value is -1.81. The number of carbonyl (C=O) groups is 1. The fourth-order valence-corrected chi connectivity index (χ4v) is 2.92. The molecule has 0 spiro atoms. The van der Waals surface area contributed by atoms with Gasteiger partial charge in [-0.25, -0.2) is 0 Å². The molecule has 0 unspecified atom stereocenters. The van der Waals surface area contributed by atoms with Crippen LogP contribution in [0.25, 0.3) is 0 Å². The predicted octanol–water partition coefficient (Wildman–Crippen LogP) is 3.92. The number of benzene rings is 2. The van der Waals surface area contributed by atoms with Gasteiger partial charge in [-0.3, -0.25) is 4.79 Å². The van der Waals surface area contributed by atoms with Crippen molar-refractivity contribution in [2.24, 2.45) is 0 Å². The summed E-state index contributed by atoms with van der Waals surface area (Å²) in [7, 11) is 0. The first-order valence-electron chi connectivity index (χ1n) is 6.99. The van der Waals surface area contributed by atoms with Gasteiger partial charge in [0, 0.05) is 28.7 Å². The number of ether oxygens (including phenoxy) is 1. The maximum atomic E-state index is 11.9. The molecule has 0 bridgehead atoms. The summed E-state index contributed by atoms with van der Waals surface area (Å²) in [6.07, 6.45) is 0.577. The number of rotatable bonds is 4. The van der Waals surface area contributed by atoms with Crippen molar-refractivity contribution in [2.45, 2.75) is 6.42 Å². The van der Waals surface area contributed by atoms with Crippen LogP contribution in [0.5, 0.6) is 5.75 Å². The number of halogens is 1. The summed E-state index contributed by atoms with van der Waals surface area (Å²) in [5.74, 6) is 1.08. The topological polar surface area (TPSA) is 29.5 Å². The van der Waals surface area contributed by atoms with E-state index in [-0.39, 0.29) is 5.78 Å². The van der Waals surface area contributed by atoms with E-state index in [9.17, 15) is 4.79 Å². The molecule has 1 heterocycles. The standard InChI is InChI=1S/C17H16BrNO2/c18-13-4-3-5-14(12-13)21-11-10-19-9-8-17(20)15-6-1-2-7-16(15)19/h1-7,12H,8-11H2. The number of hydrogen-bond donors (Lipinski definition) is 0. The first-order chi connectivity index (χ1) is 10.2. The minimum atomic E-state index is 0.231. The molecular weight excluding hydrogens is 330 g/mol. The lowest BCUT2D eigenvalue weighted by atomic mass is 10.0. The minimum absolute atomic E-state index is 0.231. The summed E-state index contributed by atoms with van der Waals surface area (Å²) in [4.78, 5) is 14.1. The highest BCUT2D eigenvalue weighted by Gasteiger charge is 2.21. The fraction of sp³-hybridized carbons (Fsp3) is 0.235. The number of Topliss-reactive ketones (excluding diaryl/α,β-unsaturated/α-hetero) is 1. The lowest BCUT2D eigenvalue weighted by Crippen LogP contribution is -2.35. The largest absolute Gasteiger partial charge is 0.492 e. The molecule has 108 valence electrons. The number of nitrogens with zero attached hydrogens (tertiary/aromatic N) is 1. The molecule has 0 radical (unpaired) electrons. The Balaban J connectivity index is 1.64. The highest BCUT2D eigenvalue weighted by Crippen LogP contribution is 2.26. The molecule has 3 nitrogen and oxygen atoms in total. The average Bonchev–Trinajstić information content (AvgIpc) is 2.50. The first kappa shape index (κ1) is 14.1. The zero-order valence-corrected chi connectivity index (χ0v) is 13.2. The third-order valence-corrected chi connectivity index (χ3v) is 4.07. The molecule has 1 aliphatic heterocycles. The Morgan fingerprint density at radius 1 is 1.14 bits per heavy atom. The molecule has 0 aromatic heterocycles. The van der Waals surface area contributed by atoms with Crippen LogP contribution in [0.15, 0.2) is 53.0 Å². The number of carbonyl (C=O) groups excluding carboxylic acids is 1. The molecule has 0 N–H and O–H groups in total. The molecule has 0 amide bonds. The van der Waals surface area contributed by atoms with E-state index >= 15 is 0 Å². The van der Waals surface area contributed by atoms with Crippen LogP contribution >= 0.6 is 15.9 Å². The van der Waals surface area contributed by atoms with Gasteiger partial charge in [-0.2, -0.15) is 0 Å². The summed E-state index contributed by atoms with van der Waals surface area (Å²) in [5.41, 5.74) is 1.85. The zero-order valence-electron chi connectivity index (χ0n) is 11.6. The van der Waals surface area contributed by atoms with Crippen molar-refractivity contribution >= 4 is 27.4 Å². The van der Waals surface area contributed by atoms with Crippen LogP contribution in [-0.4, -0.2) is 25.5 Å². The number of ketones is 1. The van der Waals surface area contributed by atoms with Crippen LogP contribution in [-0.2, 0) is 0 Å². The third-order valence-electron chi connectivity index (χ3n) is 3.58. The quantitative estimate of drug-likeness (QED) is 0.840. The van der Waals surface area contributed by atoms with Gasteiger partial charge in [0.25, 0.3) is 0 Å². The maximum Gasteiger partial charge on any atom is 0.166 e. The van der Waals surface area contributed by atoms with E-state index < -0.39 is 0 Å². The van der Waals surface area contributed by atoms with Gasteiger partial charge >= 0.3 is 0 Å². The van der Waals surface area contributed by atoms with Gasteiger partial charge in [0.1, 0.15) is 12.4 Å². The molecular formula is C17H16BrNO2. The predicted molar refractivity (Wildman–Crippen MR) is 87.2 cm³/mol. The maximum absolute atomic E-state index is 11.9. The number of para-hydroxylation sites is 1. The molecule has 21 heavy (non-hydrogen) atoms. The lowest BCUT2D eigenvalue weighted by Gasteiger charge is -2.30. The summed E-state index contributed by atoms with van der Waals surface area (Å²) >= 11 is 3.43. The van der Waals surface area contributed by atoms with Crippen molar-refractivity contribution in [3.05, 3.63) is 58.6 Å². The van der Waals surface area contributed by atoms with Gasteiger partial charge in [0.05, 0.1) is 6.54 Å². The monoisotopic (exact) mass is 345 g/mol. The zero-order chi connectivity index (χ0) is 14.7. The Bertz CT molecular complexity index is 657. The Morgan fingerprint density at radius 2 is 2.00 bits per heavy atom. The van der Waals surface area contributed by atoms with Gasteiger partial charge in [0.2, 0.25) is 0 Å². The molecule has 2 aromatic carbocycles. The van der Waals surface area contributed by atoms with Crippen LogP contribution < -0.4 is 9.64 Å². The van der Waals surface area contributed by atoms with E-state index in [2.05, 4.69) is 20.8 Å². The van der Waals surface area contributed by atoms with Crippen LogP contribution in [0.3, 0.4) is 0 Å². The summed E-state index contributed by atoms with van der Waals surface area (Å²) in [6.45, 7) is 2.13. The van der Waals surface area contributed by atoms with Gasteiger partial charge < -0.3 is 9.64 Å². The second kappa shape index (κ2) is 6.31. The Labute approximate surface area is 132 Å². The summed E-state index contributed by atoms with van der Waals surface area (Å²) in [5, 5.41) is 0. The molecule has 1 aliphatic rings. The van der Waals surface area contributed by atoms with Crippen molar-refractivity contribution in [1.29, 1.82) is 0 Å². The van der Waals surface area contributed by atoms with Crippen molar-refractivity contribution in [2.75, 3.05) is 24.6 Å². The number of anilines is 1. The second-order valence-electron chi connectivity index (χ2n) is 4.98. The van der Waals surface area contributed by atoms with Gasteiger partial charge in [0.15, 0.2) is 5.78 Å². The van der Waals surface area contributed by atoms with Gasteiger partial charge in [-0.1, -0.05) is 34.1 Å². The molecule has 4 heteroatoms. The van der Waals surface area contributed by atoms with Crippen molar-refractivity contribution < 1.29 is 9.53 Å². The molecule has 0 fully saturated rings. The van der Waals surface area contributed by atoms with Crippen LogP contribution in [0.4, 0.5) is 5.69 Å². The highest BCUT2D eigenvalue weighted by molar-refractivity contribution is 9.10. The minimum Gasteiger partial charge on any atom is -0.492 e. The Kier molecular flexibility index (Phi) is 4.25. The van der Waals surface area contributed by atoms with E-state index in [4.69, 9.17) is 4.74 Å². The summed E-state index contributed by atoms with van der Waals surface area (Å²) < 4.78 is 6.78. The van der Waals surface area contributed by atoms with Crippen LogP contribution in [0.1, 0.15) is 16.8 Å². The second-order valence-corrected chi connectivity index (χ2v) is 5.90. The molecule has 0 atom stereocenters. The van der Waals surface area contributed by atoms with Crippen LogP contribution in [0.2, 0.25) is 0 Å². The summed E-state index contributed by atoms with van der Waals surface area (Å²) in [6, 6.07) is 15.6. The highest BCUT2D eigenvalue weighted by atomic mass is 79.9. The van der Waals surface area contributed by atoms with Gasteiger partial charge in [-0.15, -0.1) is 0 Å². The van der Waals surface area contributed by atoms with E-state index in [1.54, 1.807) is 0 Å². The first-order valence-corrected chi connectivity index (χ1v) is 7.79. The van der Waals surface area contributed by atoms with Gasteiger partial charge in [-0.05, 0) is 30.3 Å². The number of fused-ring (bicyclic) bond motifs is 1. The molecule has 3 rings (SSSR count). The SMILES string of the molecule is O=C1CCN(CCOc2cccc(Br)c2)c2ccccc21. The average molecular weight is 346 g/mol. The van der Waals surface area contributed by atoms with E-state index in [0.29, 0.717) is 13.0 Å². The molecule has 0 aliphatic carbocycles. The molecule has 2 aromatic rings. The number of hydrogen-bond acceptors (Lipinski definition) is 3. The fourth-order valence-electron chi connectivity index (χ4n) is 2.54. The third kappa shape index (κ3) is 3.27. The van der Waals surface area contributed by atoms with Crippen LogP contribution in [0, 0.1) is 0 Å². The van der Waals surface area contributed by atoms with E-state index in [1.807, 2.05) is 48.5 Å². The molecule has 0 saturated carbocycles. The van der Waals surface area contributed by atoms with Crippen molar-refractivity contribution in [3.63, 3.8) is 0 Å². The lowest BCUT2D eigenvalue weighted by molar-refractivity contribution is 0.0979. The smallest absolute Gasteiger partial charge is 0.166 e. The van der Waals surface area contributed by atoms with Crippen molar-refractivity contribution in [1.82, 2.24) is 0 Å². The normalized spacial score (nSPS) is 14.0. The van der Waals surface area contributed by atoms with E-state index in [1.165, 1.54) is 0 Å². The van der Waals surface area contributed by atoms with Crippen molar-refractivity contribution in [3.8, 4) is 5.75 Å².